The summed E-state index contributed by atoms with van der Waals surface area (Å²) in [4.78, 5) is 30.1. The third-order valence-electron chi connectivity index (χ3n) is 8.34. The Labute approximate surface area is 285 Å². The minimum absolute atomic E-state index is 0.0375. The molecule has 1 saturated carbocycles. The molecule has 0 bridgehead atoms. The number of halogens is 3. The number of nitrogens with zero attached hydrogens (tertiary/aromatic N) is 2. The van der Waals surface area contributed by atoms with E-state index in [0.29, 0.717) is 15.6 Å². The van der Waals surface area contributed by atoms with Crippen molar-refractivity contribution in [3.63, 3.8) is 0 Å². The van der Waals surface area contributed by atoms with Crippen molar-refractivity contribution in [2.24, 2.45) is 0 Å². The maximum Gasteiger partial charge on any atom is 0.264 e. The number of sulfonamides is 1. The van der Waals surface area contributed by atoms with Gasteiger partial charge in [-0.3, -0.25) is 13.9 Å². The number of hydrogen-bond acceptors (Lipinski definition) is 4. The number of amides is 2. The second kappa shape index (κ2) is 15.8. The van der Waals surface area contributed by atoms with Crippen LogP contribution >= 0.6 is 23.2 Å². The summed E-state index contributed by atoms with van der Waals surface area (Å²) in [5.74, 6) is -1.57. The molecule has 1 aliphatic rings. The van der Waals surface area contributed by atoms with Gasteiger partial charge in [-0.2, -0.15) is 0 Å². The summed E-state index contributed by atoms with van der Waals surface area (Å²) in [6.07, 6.45) is 4.93. The predicted octanol–water partition coefficient (Wildman–Crippen LogP) is 7.42. The standard InChI is InChI=1S/C36H36Cl2FN3O4S/c37-32-17-10-18-33(38)31(32)24-41(34(23-26-11-4-1-5-12-26)36(44)40-28-13-6-2-7-14-28)35(43)25-42(29-21-19-27(39)20-22-29)47(45,46)30-15-8-3-9-16-30/h1,3-5,8-12,15-22,28,34H,2,6-7,13-14,23-25H2,(H,40,44)/t34-/m1/s1. The van der Waals surface area contributed by atoms with Crippen LogP contribution in [0.15, 0.2) is 108 Å². The molecule has 4 aromatic rings. The fourth-order valence-electron chi connectivity index (χ4n) is 5.81. The number of carbonyl (C=O) groups excluding carboxylic acids is 2. The molecule has 0 unspecified atom stereocenters. The van der Waals surface area contributed by atoms with Gasteiger partial charge in [0.15, 0.2) is 0 Å². The van der Waals surface area contributed by atoms with Gasteiger partial charge in [-0.25, -0.2) is 12.8 Å². The Morgan fingerprint density at radius 2 is 1.40 bits per heavy atom. The van der Waals surface area contributed by atoms with Gasteiger partial charge in [-0.05, 0) is 66.9 Å². The van der Waals surface area contributed by atoms with Crippen molar-refractivity contribution in [2.75, 3.05) is 10.8 Å². The number of anilines is 1. The Hall–Kier alpha value is -3.92. The summed E-state index contributed by atoms with van der Waals surface area (Å²) in [5.41, 5.74) is 1.32. The minimum Gasteiger partial charge on any atom is -0.352 e. The number of rotatable bonds is 12. The van der Waals surface area contributed by atoms with Gasteiger partial charge in [-0.1, -0.05) is 97.1 Å². The van der Waals surface area contributed by atoms with Gasteiger partial charge >= 0.3 is 0 Å². The van der Waals surface area contributed by atoms with Crippen molar-refractivity contribution >= 4 is 50.7 Å². The molecular weight excluding hydrogens is 660 g/mol. The van der Waals surface area contributed by atoms with Crippen LogP contribution in [0.4, 0.5) is 10.1 Å². The van der Waals surface area contributed by atoms with Gasteiger partial charge in [0.1, 0.15) is 18.4 Å². The van der Waals surface area contributed by atoms with Crippen LogP contribution in [0.5, 0.6) is 0 Å². The van der Waals surface area contributed by atoms with Crippen LogP contribution in [0.1, 0.15) is 43.2 Å². The molecule has 47 heavy (non-hydrogen) atoms. The van der Waals surface area contributed by atoms with Crippen LogP contribution in [0.25, 0.3) is 0 Å². The molecule has 2 amide bonds. The maximum absolute atomic E-state index is 14.6. The molecule has 0 aliphatic heterocycles. The van der Waals surface area contributed by atoms with E-state index >= 15 is 0 Å². The molecule has 1 atom stereocenters. The van der Waals surface area contributed by atoms with Crippen LogP contribution in [0.3, 0.4) is 0 Å². The van der Waals surface area contributed by atoms with Gasteiger partial charge < -0.3 is 10.2 Å². The number of nitrogens with one attached hydrogen (secondary N) is 1. The first-order chi connectivity index (χ1) is 22.6. The van der Waals surface area contributed by atoms with Crippen LogP contribution in [0, 0.1) is 5.82 Å². The molecule has 5 rings (SSSR count). The minimum atomic E-state index is -4.30. The maximum atomic E-state index is 14.6. The van der Waals surface area contributed by atoms with Crippen molar-refractivity contribution in [3.8, 4) is 0 Å². The zero-order valence-electron chi connectivity index (χ0n) is 25.7. The Kier molecular flexibility index (Phi) is 11.6. The Morgan fingerprint density at radius 3 is 2.02 bits per heavy atom. The Morgan fingerprint density at radius 1 is 0.809 bits per heavy atom. The van der Waals surface area contributed by atoms with Crippen molar-refractivity contribution in [2.45, 2.75) is 62.0 Å². The predicted molar refractivity (Wildman–Crippen MR) is 183 cm³/mol. The summed E-state index contributed by atoms with van der Waals surface area (Å²) >= 11 is 13.2. The van der Waals surface area contributed by atoms with Crippen LogP contribution in [-0.4, -0.2) is 43.8 Å². The van der Waals surface area contributed by atoms with Crippen LogP contribution < -0.4 is 9.62 Å². The molecule has 4 aromatic carbocycles. The summed E-state index contributed by atoms with van der Waals surface area (Å²) < 4.78 is 43.0. The fraction of sp³-hybridized carbons (Fsp3) is 0.278. The van der Waals surface area contributed by atoms with Crippen molar-refractivity contribution < 1.29 is 22.4 Å². The molecule has 0 radical (unpaired) electrons. The third-order valence-corrected chi connectivity index (χ3v) is 10.8. The lowest BCUT2D eigenvalue weighted by molar-refractivity contribution is -0.140. The molecule has 0 heterocycles. The second-order valence-electron chi connectivity index (χ2n) is 11.6. The van der Waals surface area contributed by atoms with Crippen LogP contribution in [-0.2, 0) is 32.6 Å². The van der Waals surface area contributed by atoms with Crippen molar-refractivity contribution in [1.29, 1.82) is 0 Å². The fourth-order valence-corrected chi connectivity index (χ4v) is 7.76. The van der Waals surface area contributed by atoms with E-state index in [1.54, 1.807) is 36.4 Å². The first-order valence-corrected chi connectivity index (χ1v) is 17.7. The molecule has 1 N–H and O–H groups in total. The first kappa shape index (κ1) is 34.4. The Bertz CT molecular complexity index is 1750. The highest BCUT2D eigenvalue weighted by Crippen LogP contribution is 2.29. The quantitative estimate of drug-likeness (QED) is 0.167. The summed E-state index contributed by atoms with van der Waals surface area (Å²) in [5, 5.41) is 3.76. The van der Waals surface area contributed by atoms with E-state index < -0.39 is 34.3 Å². The summed E-state index contributed by atoms with van der Waals surface area (Å²) in [7, 11) is -4.30. The molecule has 0 spiro atoms. The molecule has 1 aliphatic carbocycles. The Balaban J connectivity index is 1.58. The lowest BCUT2D eigenvalue weighted by atomic mass is 9.94. The number of benzene rings is 4. The zero-order chi connectivity index (χ0) is 33.4. The highest BCUT2D eigenvalue weighted by molar-refractivity contribution is 7.92. The van der Waals surface area contributed by atoms with Crippen molar-refractivity contribution in [3.05, 3.63) is 130 Å². The second-order valence-corrected chi connectivity index (χ2v) is 14.2. The van der Waals surface area contributed by atoms with E-state index in [2.05, 4.69) is 5.32 Å². The van der Waals surface area contributed by atoms with Gasteiger partial charge in [0.2, 0.25) is 11.8 Å². The molecule has 11 heteroatoms. The van der Waals surface area contributed by atoms with E-state index in [-0.39, 0.29) is 35.5 Å². The van der Waals surface area contributed by atoms with Gasteiger partial charge in [0.05, 0.1) is 10.6 Å². The smallest absolute Gasteiger partial charge is 0.264 e. The molecule has 246 valence electrons. The van der Waals surface area contributed by atoms with Crippen LogP contribution in [0.2, 0.25) is 10.0 Å². The van der Waals surface area contributed by atoms with E-state index in [9.17, 15) is 22.4 Å². The zero-order valence-corrected chi connectivity index (χ0v) is 28.0. The summed E-state index contributed by atoms with van der Waals surface area (Å²) in [6, 6.07) is 25.8. The van der Waals surface area contributed by atoms with Gasteiger partial charge in [0.25, 0.3) is 10.0 Å². The molecule has 0 saturated heterocycles. The first-order valence-electron chi connectivity index (χ1n) is 15.5. The highest BCUT2D eigenvalue weighted by atomic mass is 35.5. The topological polar surface area (TPSA) is 86.8 Å². The van der Waals surface area contributed by atoms with E-state index in [0.717, 1.165) is 54.1 Å². The lowest BCUT2D eigenvalue weighted by Gasteiger charge is -2.35. The van der Waals surface area contributed by atoms with Gasteiger partial charge in [-0.15, -0.1) is 0 Å². The molecule has 7 nitrogen and oxygen atoms in total. The molecular formula is C36H36Cl2FN3O4S. The number of hydrogen-bond donors (Lipinski definition) is 1. The monoisotopic (exact) mass is 695 g/mol. The van der Waals surface area contributed by atoms with Gasteiger partial charge in [0, 0.05) is 34.6 Å². The average molecular weight is 697 g/mol. The van der Waals surface area contributed by atoms with E-state index in [1.165, 1.54) is 29.2 Å². The lowest BCUT2D eigenvalue weighted by Crippen LogP contribution is -2.55. The SMILES string of the molecule is O=C(NC1CCCCC1)[C@@H](Cc1ccccc1)N(Cc1c(Cl)cccc1Cl)C(=O)CN(c1ccc(F)cc1)S(=O)(=O)c1ccccc1. The summed E-state index contributed by atoms with van der Waals surface area (Å²) in [6.45, 7) is -0.831. The highest BCUT2D eigenvalue weighted by Gasteiger charge is 2.36. The van der Waals surface area contributed by atoms with Crippen molar-refractivity contribution in [1.82, 2.24) is 10.2 Å². The van der Waals surface area contributed by atoms with E-state index in [4.69, 9.17) is 23.2 Å². The third kappa shape index (κ3) is 8.71. The normalized spacial score (nSPS) is 14.3. The molecule has 0 aromatic heterocycles. The average Bonchev–Trinajstić information content (AvgIpc) is 3.08. The number of carbonyl (C=O) groups is 2. The largest absolute Gasteiger partial charge is 0.352 e. The van der Waals surface area contributed by atoms with E-state index in [1.807, 2.05) is 30.3 Å². The molecule has 1 fully saturated rings.